The smallest absolute Gasteiger partial charge is 0.304 e. The number of hydrogen-bond donors (Lipinski definition) is 1. The molecule has 0 atom stereocenters. The molecule has 17 heavy (non-hydrogen) atoms. The van der Waals surface area contributed by atoms with Crippen LogP contribution in [0.3, 0.4) is 0 Å². The molecule has 0 aromatic heterocycles. The predicted molar refractivity (Wildman–Crippen MR) is 62.2 cm³/mol. The van der Waals surface area contributed by atoms with Crippen LogP contribution in [0.4, 0.5) is 0 Å². The summed E-state index contributed by atoms with van der Waals surface area (Å²) in [6.45, 7) is 1.80. The maximum absolute atomic E-state index is 11.7. The van der Waals surface area contributed by atoms with E-state index in [0.29, 0.717) is 25.7 Å². The second-order valence-electron chi connectivity index (χ2n) is 4.30. The van der Waals surface area contributed by atoms with Crippen molar-refractivity contribution in [2.24, 2.45) is 5.92 Å². The minimum absolute atomic E-state index is 0.313. The summed E-state index contributed by atoms with van der Waals surface area (Å²) in [6, 6.07) is 0. The Kier molecular flexibility index (Phi) is 5.35. The van der Waals surface area contributed by atoms with E-state index in [1.165, 1.54) is 11.4 Å². The molecule has 0 aliphatic carbocycles. The Morgan fingerprint density at radius 2 is 2.00 bits per heavy atom. The van der Waals surface area contributed by atoms with Crippen LogP contribution in [0.15, 0.2) is 0 Å². The van der Waals surface area contributed by atoms with E-state index in [1.807, 2.05) is 0 Å². The van der Waals surface area contributed by atoms with Gasteiger partial charge in [-0.25, -0.2) is 12.7 Å². The van der Waals surface area contributed by atoms with Crippen LogP contribution in [0.2, 0.25) is 0 Å². The zero-order valence-electron chi connectivity index (χ0n) is 9.96. The molecule has 7 heteroatoms. The topological polar surface area (TPSA) is 83.9 Å². The molecule has 0 saturated carbocycles. The second-order valence-corrected chi connectivity index (χ2v) is 6.49. The Morgan fingerprint density at radius 3 is 2.53 bits per heavy atom. The van der Waals surface area contributed by atoms with Crippen molar-refractivity contribution < 1.29 is 23.1 Å². The van der Waals surface area contributed by atoms with Crippen molar-refractivity contribution in [1.82, 2.24) is 4.31 Å². The van der Waals surface area contributed by atoms with E-state index in [0.717, 1.165) is 12.8 Å². The number of hydrogen-bond acceptors (Lipinski definition) is 4. The fourth-order valence-corrected chi connectivity index (χ4v) is 2.96. The van der Waals surface area contributed by atoms with Crippen molar-refractivity contribution in [2.75, 3.05) is 32.6 Å². The van der Waals surface area contributed by atoms with E-state index >= 15 is 0 Å². The summed E-state index contributed by atoms with van der Waals surface area (Å²) in [5, 5.41) is 8.48. The second kappa shape index (κ2) is 6.32. The zero-order valence-corrected chi connectivity index (χ0v) is 10.8. The molecular weight excluding hydrogens is 246 g/mol. The van der Waals surface area contributed by atoms with Crippen molar-refractivity contribution in [3.63, 3.8) is 0 Å². The van der Waals surface area contributed by atoms with Crippen LogP contribution in [0.5, 0.6) is 0 Å². The van der Waals surface area contributed by atoms with Gasteiger partial charge in [0.25, 0.3) is 0 Å². The largest absolute Gasteiger partial charge is 0.481 e. The Morgan fingerprint density at radius 1 is 1.41 bits per heavy atom. The number of carboxylic acids is 1. The van der Waals surface area contributed by atoms with Crippen molar-refractivity contribution >= 4 is 16.0 Å². The summed E-state index contributed by atoms with van der Waals surface area (Å²) in [5.74, 6) is -1.11. The molecule has 1 N–H and O–H groups in total. The molecule has 1 heterocycles. The highest BCUT2D eigenvalue weighted by atomic mass is 32.2. The number of sulfonamides is 1. The monoisotopic (exact) mass is 265 g/mol. The maximum atomic E-state index is 11.7. The molecule has 1 aliphatic heterocycles. The Labute approximate surface area is 102 Å². The lowest BCUT2D eigenvalue weighted by Gasteiger charge is -2.26. The minimum Gasteiger partial charge on any atom is -0.481 e. The third kappa shape index (κ3) is 5.01. The van der Waals surface area contributed by atoms with Gasteiger partial charge in [0, 0.05) is 26.8 Å². The van der Waals surface area contributed by atoms with Gasteiger partial charge in [-0.2, -0.15) is 0 Å². The summed E-state index contributed by atoms with van der Waals surface area (Å²) in [5.41, 5.74) is 0. The third-order valence-corrected chi connectivity index (χ3v) is 4.72. The first kappa shape index (κ1) is 14.4. The molecule has 0 radical (unpaired) electrons. The molecule has 0 aromatic rings. The first-order chi connectivity index (χ1) is 7.92. The molecule has 1 rings (SSSR count). The van der Waals surface area contributed by atoms with Gasteiger partial charge in [0.05, 0.1) is 12.2 Å². The van der Waals surface area contributed by atoms with Gasteiger partial charge < -0.3 is 9.84 Å². The van der Waals surface area contributed by atoms with Crippen LogP contribution in [0.1, 0.15) is 19.3 Å². The van der Waals surface area contributed by atoms with E-state index in [2.05, 4.69) is 0 Å². The van der Waals surface area contributed by atoms with Crippen molar-refractivity contribution in [2.45, 2.75) is 19.3 Å². The normalized spacial score (nSPS) is 18.5. The van der Waals surface area contributed by atoms with Crippen molar-refractivity contribution in [1.29, 1.82) is 0 Å². The van der Waals surface area contributed by atoms with E-state index in [-0.39, 0.29) is 12.2 Å². The summed E-state index contributed by atoms with van der Waals surface area (Å²) >= 11 is 0. The van der Waals surface area contributed by atoms with E-state index in [4.69, 9.17) is 9.84 Å². The fraction of sp³-hybridized carbons (Fsp3) is 0.900. The maximum Gasteiger partial charge on any atom is 0.304 e. The molecule has 1 aliphatic rings. The molecule has 1 saturated heterocycles. The summed E-state index contributed by atoms with van der Waals surface area (Å²) in [4.78, 5) is 10.4. The molecule has 0 bridgehead atoms. The number of carbonyl (C=O) groups is 1. The molecule has 0 unspecified atom stereocenters. The summed E-state index contributed by atoms with van der Waals surface area (Å²) in [6.07, 6.45) is 1.37. The highest BCUT2D eigenvalue weighted by Gasteiger charge is 2.23. The van der Waals surface area contributed by atoms with Crippen LogP contribution in [0, 0.1) is 5.92 Å². The predicted octanol–water partition coefficient (Wildman–Crippen LogP) is 0.149. The molecule has 6 nitrogen and oxygen atoms in total. The van der Waals surface area contributed by atoms with E-state index in [9.17, 15) is 13.2 Å². The molecule has 1 fully saturated rings. The average Bonchev–Trinajstić information content (AvgIpc) is 2.28. The van der Waals surface area contributed by atoms with Gasteiger partial charge in [-0.15, -0.1) is 0 Å². The Bertz CT molecular complexity index is 348. The average molecular weight is 265 g/mol. The number of nitrogens with zero attached hydrogens (tertiary/aromatic N) is 1. The third-order valence-electron chi connectivity index (χ3n) is 2.90. The van der Waals surface area contributed by atoms with Crippen LogP contribution in [-0.2, 0) is 19.6 Å². The number of carboxylic acid groups (broad SMARTS) is 1. The number of rotatable bonds is 6. The highest BCUT2D eigenvalue weighted by Crippen LogP contribution is 2.17. The van der Waals surface area contributed by atoms with Gasteiger partial charge in [-0.1, -0.05) is 0 Å². The highest BCUT2D eigenvalue weighted by molar-refractivity contribution is 7.89. The minimum atomic E-state index is -3.44. The van der Waals surface area contributed by atoms with Gasteiger partial charge in [0.2, 0.25) is 10.0 Å². The van der Waals surface area contributed by atoms with Gasteiger partial charge >= 0.3 is 5.97 Å². The quantitative estimate of drug-likeness (QED) is 0.739. The Balaban J connectivity index is 2.44. The molecular formula is C10H19NO5S. The number of ether oxygens (including phenoxy) is 1. The van der Waals surface area contributed by atoms with Crippen LogP contribution in [-0.4, -0.2) is 56.4 Å². The first-order valence-corrected chi connectivity index (χ1v) is 7.26. The standard InChI is InChI=1S/C10H19NO5S/c1-11(8-9-2-5-16-6-3-9)17(14,15)7-4-10(12)13/h9H,2-8H2,1H3,(H,12,13). The number of aliphatic carboxylic acids is 1. The van der Waals surface area contributed by atoms with E-state index in [1.54, 1.807) is 0 Å². The fourth-order valence-electron chi connectivity index (χ4n) is 1.78. The molecule has 0 spiro atoms. The lowest BCUT2D eigenvalue weighted by atomic mass is 10.0. The Hall–Kier alpha value is -0.660. The first-order valence-electron chi connectivity index (χ1n) is 5.65. The van der Waals surface area contributed by atoms with Crippen LogP contribution < -0.4 is 0 Å². The van der Waals surface area contributed by atoms with Gasteiger partial charge in [-0.3, -0.25) is 4.79 Å². The van der Waals surface area contributed by atoms with Gasteiger partial charge in [-0.05, 0) is 18.8 Å². The van der Waals surface area contributed by atoms with Crippen LogP contribution >= 0.6 is 0 Å². The summed E-state index contributed by atoms with van der Waals surface area (Å²) < 4.78 is 29.9. The molecule has 0 amide bonds. The zero-order chi connectivity index (χ0) is 12.9. The molecule has 0 aromatic carbocycles. The van der Waals surface area contributed by atoms with Gasteiger partial charge in [0.15, 0.2) is 0 Å². The van der Waals surface area contributed by atoms with Crippen molar-refractivity contribution in [3.8, 4) is 0 Å². The SMILES string of the molecule is CN(CC1CCOCC1)S(=O)(=O)CCC(=O)O. The van der Waals surface area contributed by atoms with Gasteiger partial charge in [0.1, 0.15) is 0 Å². The lowest BCUT2D eigenvalue weighted by Crippen LogP contribution is -2.36. The van der Waals surface area contributed by atoms with Crippen LogP contribution in [0.25, 0.3) is 0 Å². The van der Waals surface area contributed by atoms with E-state index < -0.39 is 16.0 Å². The molecule has 100 valence electrons. The van der Waals surface area contributed by atoms with Crippen molar-refractivity contribution in [3.05, 3.63) is 0 Å². The lowest BCUT2D eigenvalue weighted by molar-refractivity contribution is -0.136. The summed E-state index contributed by atoms with van der Waals surface area (Å²) in [7, 11) is -1.94.